The molecule has 0 spiro atoms. The summed E-state index contributed by atoms with van der Waals surface area (Å²) in [6.45, 7) is 14.4. The molecule has 1 atom stereocenters. The third-order valence-corrected chi connectivity index (χ3v) is 2.86. The normalized spacial score (nSPS) is 10.6. The minimum Gasteiger partial charge on any atom is -0.465 e. The second-order valence-electron chi connectivity index (χ2n) is 4.11. The van der Waals surface area contributed by atoms with Gasteiger partial charge in [0, 0.05) is 0 Å². The number of ether oxygens (including phenoxy) is 1. The Hall–Kier alpha value is -1.31. The van der Waals surface area contributed by atoms with Gasteiger partial charge in [-0.15, -0.1) is 0 Å². The van der Waals surface area contributed by atoms with Crippen LogP contribution in [0.3, 0.4) is 0 Å². The molecule has 0 heterocycles. The van der Waals surface area contributed by atoms with E-state index in [0.717, 1.165) is 5.56 Å². The predicted molar refractivity (Wildman–Crippen MR) is 83.7 cm³/mol. The molecule has 0 radical (unpaired) electrons. The Balaban J connectivity index is 0. The van der Waals surface area contributed by atoms with E-state index in [0.29, 0.717) is 17.4 Å². The minimum atomic E-state index is -0.252. The average molecular weight is 266 g/mol. The highest BCUT2D eigenvalue weighted by molar-refractivity contribution is 5.91. The van der Waals surface area contributed by atoms with Crippen LogP contribution in [0.4, 0.5) is 0 Å². The van der Waals surface area contributed by atoms with E-state index in [1.54, 1.807) is 0 Å². The molecule has 1 aromatic rings. The molecule has 0 aromatic heterocycles. The molecule has 0 saturated carbocycles. The Morgan fingerprint density at radius 3 is 1.89 bits per heavy atom. The topological polar surface area (TPSA) is 26.3 Å². The predicted octanol–water partition coefficient (Wildman–Crippen LogP) is 5.29. The van der Waals surface area contributed by atoms with Gasteiger partial charge < -0.3 is 4.74 Å². The summed E-state index contributed by atoms with van der Waals surface area (Å²) in [5.41, 5.74) is 1.75. The number of hydrogen-bond donors (Lipinski definition) is 0. The Bertz CT molecular complexity index is 343. The van der Waals surface area contributed by atoms with Gasteiger partial charge in [0.2, 0.25) is 0 Å². The van der Waals surface area contributed by atoms with Crippen molar-refractivity contribution < 1.29 is 9.53 Å². The number of benzene rings is 1. The maximum absolute atomic E-state index is 11.5. The van der Waals surface area contributed by atoms with Crippen LogP contribution in [0.25, 0.3) is 0 Å². The van der Waals surface area contributed by atoms with Crippen molar-refractivity contribution in [2.75, 3.05) is 7.11 Å². The quantitative estimate of drug-likeness (QED) is 0.695. The highest BCUT2D eigenvalue weighted by atomic mass is 16.5. The highest BCUT2D eigenvalue weighted by Crippen LogP contribution is 2.26. The smallest absolute Gasteiger partial charge is 0.338 e. The van der Waals surface area contributed by atoms with Gasteiger partial charge >= 0.3 is 5.97 Å². The lowest BCUT2D eigenvalue weighted by Crippen LogP contribution is -2.10. The van der Waals surface area contributed by atoms with Crippen LogP contribution >= 0.6 is 0 Å². The second kappa shape index (κ2) is 11.8. The molecule has 0 aliphatic carbocycles. The molecular formula is C17H30O2. The molecule has 1 aromatic carbocycles. The molecule has 2 heteroatoms. The summed E-state index contributed by atoms with van der Waals surface area (Å²) in [7, 11) is 1.42. The van der Waals surface area contributed by atoms with Crippen LogP contribution in [0.1, 0.15) is 70.3 Å². The van der Waals surface area contributed by atoms with E-state index in [4.69, 9.17) is 4.74 Å². The van der Waals surface area contributed by atoms with Crippen LogP contribution in [0.2, 0.25) is 0 Å². The molecule has 0 bridgehead atoms. The van der Waals surface area contributed by atoms with Crippen molar-refractivity contribution in [3.8, 4) is 0 Å². The molecular weight excluding hydrogens is 236 g/mol. The number of carbonyl (C=O) groups excluding carboxylic acids is 1. The molecule has 1 rings (SSSR count). The van der Waals surface area contributed by atoms with E-state index in [1.807, 2.05) is 52.0 Å². The summed E-state index contributed by atoms with van der Waals surface area (Å²) in [4.78, 5) is 11.5. The maximum Gasteiger partial charge on any atom is 0.338 e. The molecule has 0 aliphatic rings. The molecule has 0 fully saturated rings. The van der Waals surface area contributed by atoms with Crippen LogP contribution in [0.5, 0.6) is 0 Å². The van der Waals surface area contributed by atoms with Crippen molar-refractivity contribution >= 4 is 5.97 Å². The standard InChI is InChI=1S/C13H18O2.2C2H6/c1-9(2)10(3)11-7-5-6-8-12(11)13(14)15-4;2*1-2/h5-10H,1-4H3;2*1-2H3. The zero-order chi connectivity index (χ0) is 15.4. The van der Waals surface area contributed by atoms with E-state index in [-0.39, 0.29) is 5.97 Å². The van der Waals surface area contributed by atoms with E-state index < -0.39 is 0 Å². The second-order valence-corrected chi connectivity index (χ2v) is 4.11. The largest absolute Gasteiger partial charge is 0.465 e. The molecule has 0 aliphatic heterocycles. The van der Waals surface area contributed by atoms with Gasteiger partial charge in [-0.05, 0) is 23.5 Å². The van der Waals surface area contributed by atoms with Crippen molar-refractivity contribution in [1.29, 1.82) is 0 Å². The van der Waals surface area contributed by atoms with Crippen LogP contribution in [-0.4, -0.2) is 13.1 Å². The Morgan fingerprint density at radius 2 is 1.47 bits per heavy atom. The minimum absolute atomic E-state index is 0.252. The zero-order valence-electron chi connectivity index (χ0n) is 13.8. The molecule has 1 unspecified atom stereocenters. The van der Waals surface area contributed by atoms with Gasteiger partial charge in [-0.2, -0.15) is 0 Å². The lowest BCUT2D eigenvalue weighted by atomic mass is 9.87. The fraction of sp³-hybridized carbons (Fsp3) is 0.588. The first-order chi connectivity index (χ1) is 9.07. The average Bonchev–Trinajstić information content (AvgIpc) is 2.49. The van der Waals surface area contributed by atoms with Crippen LogP contribution in [-0.2, 0) is 4.74 Å². The number of methoxy groups -OCH3 is 1. The van der Waals surface area contributed by atoms with Gasteiger partial charge in [0.05, 0.1) is 12.7 Å². The van der Waals surface area contributed by atoms with Crippen molar-refractivity contribution in [3.05, 3.63) is 35.4 Å². The number of hydrogen-bond acceptors (Lipinski definition) is 2. The fourth-order valence-electron chi connectivity index (χ4n) is 1.55. The van der Waals surface area contributed by atoms with Crippen LogP contribution in [0, 0.1) is 5.92 Å². The molecule has 19 heavy (non-hydrogen) atoms. The summed E-state index contributed by atoms with van der Waals surface area (Å²) in [6, 6.07) is 7.64. The number of carbonyl (C=O) groups is 1. The summed E-state index contributed by atoms with van der Waals surface area (Å²) >= 11 is 0. The summed E-state index contributed by atoms with van der Waals surface area (Å²) in [6.07, 6.45) is 0. The SMILES string of the molecule is CC.CC.COC(=O)c1ccccc1C(C)C(C)C. The van der Waals surface area contributed by atoms with E-state index in [1.165, 1.54) is 7.11 Å². The molecule has 0 N–H and O–H groups in total. The summed E-state index contributed by atoms with van der Waals surface area (Å²) in [5.74, 6) is 0.620. The van der Waals surface area contributed by atoms with Gasteiger partial charge in [0.1, 0.15) is 0 Å². The summed E-state index contributed by atoms with van der Waals surface area (Å²) in [5, 5.41) is 0. The zero-order valence-corrected chi connectivity index (χ0v) is 13.8. The van der Waals surface area contributed by atoms with E-state index in [9.17, 15) is 4.79 Å². The third-order valence-electron chi connectivity index (χ3n) is 2.86. The summed E-state index contributed by atoms with van der Waals surface area (Å²) < 4.78 is 4.77. The van der Waals surface area contributed by atoms with E-state index in [2.05, 4.69) is 20.8 Å². The van der Waals surface area contributed by atoms with Gasteiger partial charge in [-0.1, -0.05) is 66.7 Å². The van der Waals surface area contributed by atoms with Gasteiger partial charge in [0.15, 0.2) is 0 Å². The monoisotopic (exact) mass is 266 g/mol. The van der Waals surface area contributed by atoms with E-state index >= 15 is 0 Å². The number of rotatable bonds is 3. The van der Waals surface area contributed by atoms with Crippen molar-refractivity contribution in [2.24, 2.45) is 5.92 Å². The molecule has 0 saturated heterocycles. The first-order valence-electron chi connectivity index (χ1n) is 7.25. The Morgan fingerprint density at radius 1 is 1.00 bits per heavy atom. The lowest BCUT2D eigenvalue weighted by Gasteiger charge is -2.18. The lowest BCUT2D eigenvalue weighted by molar-refractivity contribution is 0.0598. The molecule has 110 valence electrons. The van der Waals surface area contributed by atoms with Crippen LogP contribution < -0.4 is 0 Å². The number of esters is 1. The van der Waals surface area contributed by atoms with Crippen LogP contribution in [0.15, 0.2) is 24.3 Å². The van der Waals surface area contributed by atoms with Gasteiger partial charge in [-0.25, -0.2) is 4.79 Å². The van der Waals surface area contributed by atoms with Crippen molar-refractivity contribution in [3.63, 3.8) is 0 Å². The third kappa shape index (κ3) is 6.42. The first-order valence-corrected chi connectivity index (χ1v) is 7.25. The van der Waals surface area contributed by atoms with Gasteiger partial charge in [0.25, 0.3) is 0 Å². The highest BCUT2D eigenvalue weighted by Gasteiger charge is 2.17. The maximum atomic E-state index is 11.5. The Kier molecular flexibility index (Phi) is 12.4. The van der Waals surface area contributed by atoms with Crippen molar-refractivity contribution in [2.45, 2.75) is 54.4 Å². The van der Waals surface area contributed by atoms with Crippen molar-refractivity contribution in [1.82, 2.24) is 0 Å². The first kappa shape index (κ1) is 20.0. The molecule has 2 nitrogen and oxygen atoms in total. The molecule has 0 amide bonds. The Labute approximate surface area is 119 Å². The fourth-order valence-corrected chi connectivity index (χ4v) is 1.55. The van der Waals surface area contributed by atoms with Gasteiger partial charge in [-0.3, -0.25) is 0 Å².